The number of ether oxygens (including phenoxy) is 1. The summed E-state index contributed by atoms with van der Waals surface area (Å²) in [6.07, 6.45) is 9.87. The number of rotatable bonds is 0. The Hall–Kier alpha value is -2.23. The van der Waals surface area contributed by atoms with Crippen molar-refractivity contribution in [1.29, 1.82) is 0 Å². The molecule has 2 aliphatic rings. The quantitative estimate of drug-likeness (QED) is 0.779. The van der Waals surface area contributed by atoms with Crippen LogP contribution in [0.3, 0.4) is 0 Å². The second-order valence-corrected chi connectivity index (χ2v) is 5.98. The minimum absolute atomic E-state index is 0.00269. The third kappa shape index (κ3) is 1.94. The van der Waals surface area contributed by atoms with Crippen molar-refractivity contribution in [2.45, 2.75) is 37.7 Å². The summed E-state index contributed by atoms with van der Waals surface area (Å²) in [4.78, 5) is 14.4. The van der Waals surface area contributed by atoms with Crippen LogP contribution < -0.4 is 10.3 Å². The molecule has 108 valence electrons. The Bertz CT molecular complexity index is 798. The van der Waals surface area contributed by atoms with Crippen molar-refractivity contribution in [2.24, 2.45) is 0 Å². The summed E-state index contributed by atoms with van der Waals surface area (Å²) in [5, 5.41) is 10.6. The number of hydrogen-bond donors (Lipinski definition) is 2. The van der Waals surface area contributed by atoms with Crippen molar-refractivity contribution >= 4 is 17.0 Å². The van der Waals surface area contributed by atoms with Crippen LogP contribution in [0.4, 0.5) is 0 Å². The van der Waals surface area contributed by atoms with Crippen LogP contribution in [-0.2, 0) is 0 Å². The maximum absolute atomic E-state index is 11.6. The van der Waals surface area contributed by atoms with Crippen LogP contribution >= 0.6 is 0 Å². The van der Waals surface area contributed by atoms with E-state index in [-0.39, 0.29) is 16.9 Å². The molecule has 4 nitrogen and oxygen atoms in total. The highest BCUT2D eigenvalue weighted by Gasteiger charge is 2.34. The topological polar surface area (TPSA) is 62.3 Å². The largest absolute Gasteiger partial charge is 0.507 e. The molecule has 1 aromatic carbocycles. The molecule has 0 saturated heterocycles. The molecule has 0 radical (unpaired) electrons. The summed E-state index contributed by atoms with van der Waals surface area (Å²) in [6.45, 7) is 0. The summed E-state index contributed by atoms with van der Waals surface area (Å²) >= 11 is 0. The SMILES string of the molecule is O=c1cc(O)c2ccc3c(c2[nH]1)C=CC1(CCCCC1)O3. The molecule has 0 atom stereocenters. The summed E-state index contributed by atoms with van der Waals surface area (Å²) in [6, 6.07) is 4.88. The monoisotopic (exact) mass is 283 g/mol. The smallest absolute Gasteiger partial charge is 0.252 e. The van der Waals surface area contributed by atoms with Gasteiger partial charge in [-0.3, -0.25) is 4.79 Å². The van der Waals surface area contributed by atoms with E-state index in [4.69, 9.17) is 4.74 Å². The maximum Gasteiger partial charge on any atom is 0.252 e. The minimum atomic E-state index is -0.306. The number of H-pyrrole nitrogens is 1. The van der Waals surface area contributed by atoms with Gasteiger partial charge in [0, 0.05) is 17.0 Å². The average molecular weight is 283 g/mol. The normalized spacial score (nSPS) is 19.4. The van der Waals surface area contributed by atoms with Crippen LogP contribution in [0.25, 0.3) is 17.0 Å². The fraction of sp³-hybridized carbons (Fsp3) is 0.353. The number of aromatic nitrogens is 1. The molecule has 1 spiro atoms. The van der Waals surface area contributed by atoms with E-state index in [1.165, 1.54) is 25.3 Å². The molecule has 2 heterocycles. The second-order valence-electron chi connectivity index (χ2n) is 5.98. The standard InChI is InChI=1S/C17H17NO3/c19-13-10-15(20)18-16-11(13)4-5-14-12(16)6-9-17(21-14)7-2-1-3-8-17/h4-6,9-10H,1-3,7-8H2,(H2,18,19,20). The van der Waals surface area contributed by atoms with E-state index in [9.17, 15) is 9.90 Å². The van der Waals surface area contributed by atoms with Gasteiger partial charge in [-0.1, -0.05) is 6.42 Å². The van der Waals surface area contributed by atoms with Crippen molar-refractivity contribution in [2.75, 3.05) is 0 Å². The molecule has 1 aliphatic heterocycles. The van der Waals surface area contributed by atoms with Gasteiger partial charge >= 0.3 is 0 Å². The van der Waals surface area contributed by atoms with E-state index >= 15 is 0 Å². The molecule has 1 fully saturated rings. The summed E-state index contributed by atoms with van der Waals surface area (Å²) in [5.41, 5.74) is 0.992. The van der Waals surface area contributed by atoms with Gasteiger partial charge in [0.05, 0.1) is 5.52 Å². The molecule has 4 heteroatoms. The Kier molecular flexibility index (Phi) is 2.61. The van der Waals surface area contributed by atoms with E-state index in [1.54, 1.807) is 6.07 Å². The zero-order valence-corrected chi connectivity index (χ0v) is 11.7. The molecule has 0 amide bonds. The molecule has 21 heavy (non-hydrogen) atoms. The first-order valence-electron chi connectivity index (χ1n) is 7.44. The lowest BCUT2D eigenvalue weighted by Crippen LogP contribution is -2.37. The van der Waals surface area contributed by atoms with Gasteiger partial charge in [0.25, 0.3) is 5.56 Å². The van der Waals surface area contributed by atoms with Crippen LogP contribution in [0, 0.1) is 0 Å². The first-order chi connectivity index (χ1) is 10.2. The molecule has 0 unspecified atom stereocenters. The number of aromatic hydroxyl groups is 1. The van der Waals surface area contributed by atoms with Gasteiger partial charge in [-0.25, -0.2) is 0 Å². The Labute approximate surface area is 122 Å². The van der Waals surface area contributed by atoms with E-state index in [2.05, 4.69) is 11.1 Å². The van der Waals surface area contributed by atoms with Gasteiger partial charge in [0.15, 0.2) is 0 Å². The van der Waals surface area contributed by atoms with Gasteiger partial charge in [-0.05, 0) is 50.0 Å². The van der Waals surface area contributed by atoms with Crippen molar-refractivity contribution in [3.8, 4) is 11.5 Å². The van der Waals surface area contributed by atoms with Crippen LogP contribution in [0.15, 0.2) is 29.1 Å². The van der Waals surface area contributed by atoms with Crippen LogP contribution in [0.2, 0.25) is 0 Å². The summed E-state index contributed by atoms with van der Waals surface area (Å²) < 4.78 is 6.26. The molecule has 2 N–H and O–H groups in total. The zero-order valence-electron chi connectivity index (χ0n) is 11.7. The van der Waals surface area contributed by atoms with Crippen molar-refractivity contribution in [1.82, 2.24) is 4.98 Å². The lowest BCUT2D eigenvalue weighted by Gasteiger charge is -2.38. The van der Waals surface area contributed by atoms with Gasteiger partial charge in [0.2, 0.25) is 0 Å². The summed E-state index contributed by atoms with van der Waals surface area (Å²) in [5.74, 6) is 0.788. The Morgan fingerprint density at radius 1 is 1.19 bits per heavy atom. The lowest BCUT2D eigenvalue weighted by molar-refractivity contribution is 0.0755. The summed E-state index contributed by atoms with van der Waals surface area (Å²) in [7, 11) is 0. The van der Waals surface area contributed by atoms with Crippen LogP contribution in [-0.4, -0.2) is 15.7 Å². The van der Waals surface area contributed by atoms with Gasteiger partial charge in [0.1, 0.15) is 17.1 Å². The van der Waals surface area contributed by atoms with E-state index in [0.29, 0.717) is 10.9 Å². The Morgan fingerprint density at radius 3 is 2.81 bits per heavy atom. The molecular formula is C17H17NO3. The third-order valence-corrected chi connectivity index (χ3v) is 4.56. The molecule has 0 bridgehead atoms. The number of fused-ring (bicyclic) bond motifs is 3. The fourth-order valence-corrected chi connectivity index (χ4v) is 3.47. The van der Waals surface area contributed by atoms with Crippen molar-refractivity contribution in [3.63, 3.8) is 0 Å². The van der Waals surface area contributed by atoms with Crippen LogP contribution in [0.5, 0.6) is 11.5 Å². The number of pyridine rings is 1. The van der Waals surface area contributed by atoms with Gasteiger partial charge < -0.3 is 14.8 Å². The number of nitrogens with one attached hydrogen (secondary N) is 1. The highest BCUT2D eigenvalue weighted by molar-refractivity contribution is 5.94. The zero-order chi connectivity index (χ0) is 14.4. The predicted octanol–water partition coefficient (Wildman–Crippen LogP) is 3.34. The molecule has 4 rings (SSSR count). The number of aromatic amines is 1. The van der Waals surface area contributed by atoms with Gasteiger partial charge in [-0.15, -0.1) is 0 Å². The minimum Gasteiger partial charge on any atom is -0.507 e. The van der Waals surface area contributed by atoms with Gasteiger partial charge in [-0.2, -0.15) is 0 Å². The highest BCUT2D eigenvalue weighted by atomic mass is 16.5. The van der Waals surface area contributed by atoms with Crippen molar-refractivity contribution in [3.05, 3.63) is 40.2 Å². The fourth-order valence-electron chi connectivity index (χ4n) is 3.47. The lowest BCUT2D eigenvalue weighted by atomic mass is 9.82. The third-order valence-electron chi connectivity index (χ3n) is 4.56. The first kappa shape index (κ1) is 12.5. The second kappa shape index (κ2) is 4.38. The molecule has 2 aromatic rings. The molecule has 1 saturated carbocycles. The molecular weight excluding hydrogens is 266 g/mol. The number of benzene rings is 1. The maximum atomic E-state index is 11.6. The molecule has 1 aromatic heterocycles. The van der Waals surface area contributed by atoms with E-state index in [1.807, 2.05) is 12.1 Å². The molecule has 1 aliphatic carbocycles. The van der Waals surface area contributed by atoms with E-state index < -0.39 is 0 Å². The van der Waals surface area contributed by atoms with Crippen molar-refractivity contribution < 1.29 is 9.84 Å². The Morgan fingerprint density at radius 2 is 2.00 bits per heavy atom. The predicted molar refractivity (Wildman–Crippen MR) is 81.7 cm³/mol. The highest BCUT2D eigenvalue weighted by Crippen LogP contribution is 2.42. The number of hydrogen-bond acceptors (Lipinski definition) is 3. The first-order valence-corrected chi connectivity index (χ1v) is 7.44. The average Bonchev–Trinajstić information content (AvgIpc) is 2.47. The Balaban J connectivity index is 1.89. The van der Waals surface area contributed by atoms with Crippen LogP contribution in [0.1, 0.15) is 37.7 Å². The van der Waals surface area contributed by atoms with E-state index in [0.717, 1.165) is 24.2 Å².